The highest BCUT2D eigenvalue weighted by molar-refractivity contribution is 6.32. The van der Waals surface area contributed by atoms with Gasteiger partial charge in [-0.1, -0.05) is 11.6 Å². The summed E-state index contributed by atoms with van der Waals surface area (Å²) < 4.78 is 18.1. The molecule has 0 bridgehead atoms. The van der Waals surface area contributed by atoms with Gasteiger partial charge in [-0.2, -0.15) is 0 Å². The molecule has 0 saturated heterocycles. The third-order valence-electron chi connectivity index (χ3n) is 2.30. The van der Waals surface area contributed by atoms with E-state index in [0.29, 0.717) is 0 Å². The minimum absolute atomic E-state index is 0.0333. The predicted molar refractivity (Wildman–Crippen MR) is 66.7 cm³/mol. The molecule has 0 aliphatic heterocycles. The Morgan fingerprint density at radius 2 is 2.05 bits per heavy atom. The minimum atomic E-state index is -1.15. The van der Waals surface area contributed by atoms with Crippen molar-refractivity contribution in [3.05, 3.63) is 29.0 Å². The van der Waals surface area contributed by atoms with Gasteiger partial charge in [-0.3, -0.25) is 9.59 Å². The molecule has 0 aliphatic carbocycles. The van der Waals surface area contributed by atoms with E-state index >= 15 is 0 Å². The third kappa shape index (κ3) is 4.40. The van der Waals surface area contributed by atoms with Crippen molar-refractivity contribution >= 4 is 23.5 Å². The van der Waals surface area contributed by atoms with Crippen molar-refractivity contribution in [1.29, 1.82) is 0 Å². The number of ether oxygens (including phenoxy) is 1. The van der Waals surface area contributed by atoms with E-state index in [4.69, 9.17) is 21.4 Å². The number of hydrogen-bond acceptors (Lipinski definition) is 3. The fourth-order valence-electron chi connectivity index (χ4n) is 1.21. The molecule has 0 heterocycles. The van der Waals surface area contributed by atoms with Gasteiger partial charge in [0.05, 0.1) is 5.02 Å². The van der Waals surface area contributed by atoms with Crippen LogP contribution in [0.5, 0.6) is 5.75 Å². The summed E-state index contributed by atoms with van der Waals surface area (Å²) in [6.45, 7) is 2.77. The molecule has 2 atom stereocenters. The Hall–Kier alpha value is -1.82. The molecule has 1 aromatic rings. The van der Waals surface area contributed by atoms with Crippen LogP contribution in [0.2, 0.25) is 5.02 Å². The fourth-order valence-corrected chi connectivity index (χ4v) is 1.42. The van der Waals surface area contributed by atoms with Crippen LogP contribution in [0.1, 0.15) is 13.8 Å². The SMILES string of the molecule is CC(Oc1ccc(F)cc1Cl)C(=O)N[C@H](C)C(=O)O. The zero-order valence-corrected chi connectivity index (χ0v) is 11.1. The van der Waals surface area contributed by atoms with E-state index in [-0.39, 0.29) is 10.8 Å². The summed E-state index contributed by atoms with van der Waals surface area (Å²) in [5, 5.41) is 10.9. The van der Waals surface area contributed by atoms with E-state index < -0.39 is 29.8 Å². The molecule has 0 spiro atoms. The van der Waals surface area contributed by atoms with Crippen LogP contribution >= 0.6 is 11.6 Å². The van der Waals surface area contributed by atoms with Crippen LogP contribution in [0.15, 0.2) is 18.2 Å². The van der Waals surface area contributed by atoms with Crippen LogP contribution in [-0.4, -0.2) is 29.1 Å². The molecule has 104 valence electrons. The Balaban J connectivity index is 2.66. The number of carboxylic acids is 1. The number of rotatable bonds is 5. The lowest BCUT2D eigenvalue weighted by atomic mass is 10.3. The van der Waals surface area contributed by atoms with E-state index in [1.807, 2.05) is 0 Å². The average molecular weight is 290 g/mol. The highest BCUT2D eigenvalue weighted by Gasteiger charge is 2.20. The average Bonchev–Trinajstić information content (AvgIpc) is 2.32. The van der Waals surface area contributed by atoms with Gasteiger partial charge in [0.25, 0.3) is 5.91 Å². The van der Waals surface area contributed by atoms with Crippen molar-refractivity contribution in [3.63, 3.8) is 0 Å². The number of carbonyl (C=O) groups is 2. The molecule has 0 saturated carbocycles. The maximum Gasteiger partial charge on any atom is 0.325 e. The summed E-state index contributed by atoms with van der Waals surface area (Å²) in [5.74, 6) is -2.13. The second-order valence-corrected chi connectivity index (χ2v) is 4.31. The van der Waals surface area contributed by atoms with Crippen molar-refractivity contribution in [2.75, 3.05) is 0 Å². The Morgan fingerprint density at radius 3 is 2.58 bits per heavy atom. The predicted octanol–water partition coefficient (Wildman–Crippen LogP) is 1.84. The third-order valence-corrected chi connectivity index (χ3v) is 2.59. The van der Waals surface area contributed by atoms with Crippen LogP contribution in [0.3, 0.4) is 0 Å². The summed E-state index contributed by atoms with van der Waals surface area (Å²) in [6.07, 6.45) is -0.954. The van der Waals surface area contributed by atoms with Gasteiger partial charge in [0.1, 0.15) is 17.6 Å². The maximum atomic E-state index is 12.8. The lowest BCUT2D eigenvalue weighted by Gasteiger charge is -2.17. The molecule has 0 radical (unpaired) electrons. The van der Waals surface area contributed by atoms with Crippen molar-refractivity contribution < 1.29 is 23.8 Å². The molecule has 0 fully saturated rings. The highest BCUT2D eigenvalue weighted by atomic mass is 35.5. The smallest absolute Gasteiger partial charge is 0.325 e. The summed E-state index contributed by atoms with van der Waals surface area (Å²) in [5.41, 5.74) is 0. The second kappa shape index (κ2) is 6.38. The van der Waals surface area contributed by atoms with Gasteiger partial charge in [-0.05, 0) is 32.0 Å². The lowest BCUT2D eigenvalue weighted by Crippen LogP contribution is -2.44. The van der Waals surface area contributed by atoms with Crippen LogP contribution in [-0.2, 0) is 9.59 Å². The zero-order chi connectivity index (χ0) is 14.6. The molecule has 0 aromatic heterocycles. The Bertz CT molecular complexity index is 495. The summed E-state index contributed by atoms with van der Waals surface area (Å²) in [7, 11) is 0. The number of amides is 1. The standard InChI is InChI=1S/C12H13ClFNO4/c1-6(12(17)18)15-11(16)7(2)19-10-4-3-8(14)5-9(10)13/h3-7H,1-2H3,(H,15,16)(H,17,18)/t6-,7?/m1/s1. The lowest BCUT2D eigenvalue weighted by molar-refractivity contribution is -0.142. The number of carboxylic acid groups (broad SMARTS) is 1. The first kappa shape index (κ1) is 15.2. The number of aliphatic carboxylic acids is 1. The molecular weight excluding hydrogens is 277 g/mol. The molecule has 5 nitrogen and oxygen atoms in total. The summed E-state index contributed by atoms with van der Waals surface area (Å²) >= 11 is 5.74. The molecule has 1 unspecified atom stereocenters. The van der Waals surface area contributed by atoms with Gasteiger partial charge in [0, 0.05) is 0 Å². The fraction of sp³-hybridized carbons (Fsp3) is 0.333. The first-order valence-corrected chi connectivity index (χ1v) is 5.84. The number of halogens is 2. The Kier molecular flexibility index (Phi) is 5.11. The molecule has 0 aliphatic rings. The zero-order valence-electron chi connectivity index (χ0n) is 10.3. The van der Waals surface area contributed by atoms with Crippen molar-refractivity contribution in [1.82, 2.24) is 5.32 Å². The number of benzene rings is 1. The van der Waals surface area contributed by atoms with Gasteiger partial charge < -0.3 is 15.2 Å². The van der Waals surface area contributed by atoms with E-state index in [2.05, 4.69) is 5.32 Å². The molecule has 1 rings (SSSR count). The molecule has 19 heavy (non-hydrogen) atoms. The van der Waals surface area contributed by atoms with Crippen molar-refractivity contribution in [2.24, 2.45) is 0 Å². The van der Waals surface area contributed by atoms with E-state index in [0.717, 1.165) is 12.1 Å². The molecule has 1 aromatic carbocycles. The number of nitrogens with one attached hydrogen (secondary N) is 1. The highest BCUT2D eigenvalue weighted by Crippen LogP contribution is 2.25. The van der Waals surface area contributed by atoms with E-state index in [9.17, 15) is 14.0 Å². The number of hydrogen-bond donors (Lipinski definition) is 2. The van der Waals surface area contributed by atoms with Gasteiger partial charge >= 0.3 is 5.97 Å². The monoisotopic (exact) mass is 289 g/mol. The second-order valence-electron chi connectivity index (χ2n) is 3.90. The summed E-state index contributed by atoms with van der Waals surface area (Å²) in [6, 6.07) is 2.47. The quantitative estimate of drug-likeness (QED) is 0.867. The van der Waals surface area contributed by atoms with Crippen LogP contribution in [0.4, 0.5) is 4.39 Å². The molecule has 2 N–H and O–H groups in total. The minimum Gasteiger partial charge on any atom is -0.480 e. The van der Waals surface area contributed by atoms with Crippen LogP contribution in [0.25, 0.3) is 0 Å². The Labute approximate surface area is 114 Å². The van der Waals surface area contributed by atoms with Crippen molar-refractivity contribution in [3.8, 4) is 5.75 Å². The summed E-state index contributed by atoms with van der Waals surface area (Å²) in [4.78, 5) is 22.2. The van der Waals surface area contributed by atoms with Crippen LogP contribution in [0, 0.1) is 5.82 Å². The van der Waals surface area contributed by atoms with Gasteiger partial charge in [0.2, 0.25) is 0 Å². The Morgan fingerprint density at radius 1 is 1.42 bits per heavy atom. The largest absolute Gasteiger partial charge is 0.480 e. The topological polar surface area (TPSA) is 75.6 Å². The molecular formula is C12H13ClFNO4. The van der Waals surface area contributed by atoms with E-state index in [1.165, 1.54) is 19.9 Å². The van der Waals surface area contributed by atoms with Crippen molar-refractivity contribution in [2.45, 2.75) is 26.0 Å². The maximum absolute atomic E-state index is 12.8. The first-order chi connectivity index (χ1) is 8.81. The van der Waals surface area contributed by atoms with Gasteiger partial charge in [-0.25, -0.2) is 4.39 Å². The molecule has 7 heteroatoms. The van der Waals surface area contributed by atoms with Crippen LogP contribution < -0.4 is 10.1 Å². The normalized spacial score (nSPS) is 13.5. The van der Waals surface area contributed by atoms with Gasteiger partial charge in [0.15, 0.2) is 6.10 Å². The van der Waals surface area contributed by atoms with Gasteiger partial charge in [-0.15, -0.1) is 0 Å². The number of carbonyl (C=O) groups excluding carboxylic acids is 1. The van der Waals surface area contributed by atoms with E-state index in [1.54, 1.807) is 0 Å². The molecule has 1 amide bonds. The first-order valence-electron chi connectivity index (χ1n) is 5.46.